The first kappa shape index (κ1) is 15.6. The number of halogens is 1. The van der Waals surface area contributed by atoms with Crippen LogP contribution in [0.25, 0.3) is 5.82 Å². The number of pyridine rings is 1. The number of fused-ring (bicyclic) bond motifs is 1. The van der Waals surface area contributed by atoms with Crippen molar-refractivity contribution in [3.05, 3.63) is 70.1 Å². The van der Waals surface area contributed by atoms with Crippen LogP contribution >= 0.6 is 27.7 Å². The highest BCUT2D eigenvalue weighted by molar-refractivity contribution is 9.10. The Bertz CT molecular complexity index is 920. The Balaban J connectivity index is 1.61. The molecule has 0 aliphatic carbocycles. The first-order valence-corrected chi connectivity index (χ1v) is 9.22. The lowest BCUT2D eigenvalue weighted by atomic mass is 9.96. The van der Waals surface area contributed by atoms with E-state index in [2.05, 4.69) is 51.1 Å². The molecule has 2 aromatic heterocycles. The van der Waals surface area contributed by atoms with Crippen molar-refractivity contribution >= 4 is 32.8 Å². The van der Waals surface area contributed by atoms with Gasteiger partial charge >= 0.3 is 0 Å². The molecular weight excluding hydrogens is 386 g/mol. The van der Waals surface area contributed by atoms with Gasteiger partial charge in [-0.15, -0.1) is 0 Å². The lowest BCUT2D eigenvalue weighted by Crippen LogP contribution is -2.02. The summed E-state index contributed by atoms with van der Waals surface area (Å²) in [5.74, 6) is 0.940. The maximum Gasteiger partial charge on any atom is 0.198 e. The molecule has 1 atom stereocenters. The van der Waals surface area contributed by atoms with Crippen LogP contribution in [0.5, 0.6) is 0 Å². The van der Waals surface area contributed by atoms with Crippen molar-refractivity contribution in [1.82, 2.24) is 14.8 Å². The minimum Gasteiger partial charge on any atom is -0.286 e. The van der Waals surface area contributed by atoms with Crippen molar-refractivity contribution in [2.24, 2.45) is 0 Å². The molecule has 4 nitrogen and oxygen atoms in total. The molecule has 24 heavy (non-hydrogen) atoms. The van der Waals surface area contributed by atoms with Crippen LogP contribution in [0.4, 0.5) is 0 Å². The molecule has 0 amide bonds. The van der Waals surface area contributed by atoms with E-state index < -0.39 is 0 Å². The summed E-state index contributed by atoms with van der Waals surface area (Å²) >= 11 is 4.73. The molecule has 1 aromatic carbocycles. The summed E-state index contributed by atoms with van der Waals surface area (Å²) in [4.78, 5) is 17.0. The molecule has 0 spiro atoms. The summed E-state index contributed by atoms with van der Waals surface area (Å²) in [7, 11) is 0. The summed E-state index contributed by atoms with van der Waals surface area (Å²) in [6.07, 6.45) is 4.22. The highest BCUT2D eigenvalue weighted by atomic mass is 79.9. The van der Waals surface area contributed by atoms with Gasteiger partial charge in [-0.3, -0.25) is 4.79 Å². The minimum absolute atomic E-state index is 0.156. The predicted molar refractivity (Wildman–Crippen MR) is 97.6 cm³/mol. The predicted octanol–water partition coefficient (Wildman–Crippen LogP) is 4.36. The number of hydrogen-bond acceptors (Lipinski definition) is 4. The van der Waals surface area contributed by atoms with Gasteiger partial charge in [-0.2, -0.15) is 5.10 Å². The van der Waals surface area contributed by atoms with Crippen LogP contribution in [0.2, 0.25) is 0 Å². The van der Waals surface area contributed by atoms with Crippen molar-refractivity contribution in [2.75, 3.05) is 0 Å². The van der Waals surface area contributed by atoms with Gasteiger partial charge in [-0.1, -0.05) is 30.8 Å². The fourth-order valence-electron chi connectivity index (χ4n) is 2.77. The SMILES string of the molecule is CC(c1ccc2c(c1)SC(=O)C2)c1ccn(-c2ccc(Br)cn2)n1. The zero-order valence-corrected chi connectivity index (χ0v) is 15.3. The lowest BCUT2D eigenvalue weighted by Gasteiger charge is -2.10. The van der Waals surface area contributed by atoms with Crippen molar-refractivity contribution < 1.29 is 4.79 Å². The number of thioether (sulfide) groups is 1. The third-order valence-electron chi connectivity index (χ3n) is 4.15. The average molecular weight is 400 g/mol. The third-order valence-corrected chi connectivity index (χ3v) is 5.59. The quantitative estimate of drug-likeness (QED) is 0.656. The van der Waals surface area contributed by atoms with Gasteiger partial charge in [0, 0.05) is 34.1 Å². The number of nitrogens with zero attached hydrogens (tertiary/aromatic N) is 3. The molecule has 1 aliphatic heterocycles. The fourth-order valence-corrected chi connectivity index (χ4v) is 3.94. The minimum atomic E-state index is 0.156. The Morgan fingerprint density at radius 3 is 2.92 bits per heavy atom. The van der Waals surface area contributed by atoms with E-state index in [4.69, 9.17) is 0 Å². The highest BCUT2D eigenvalue weighted by Crippen LogP contribution is 2.35. The van der Waals surface area contributed by atoms with Crippen LogP contribution in [0.3, 0.4) is 0 Å². The molecule has 120 valence electrons. The Kier molecular flexibility index (Phi) is 4.02. The third kappa shape index (κ3) is 2.91. The molecule has 0 saturated heterocycles. The van der Waals surface area contributed by atoms with E-state index in [0.29, 0.717) is 6.42 Å². The number of carbonyl (C=O) groups is 1. The standard InChI is InChI=1S/C18H14BrN3OS/c1-11(12-2-3-13-9-18(23)24-16(13)8-12)15-6-7-22(21-15)17-5-4-14(19)10-20-17/h2-8,10-11H,9H2,1H3. The van der Waals surface area contributed by atoms with Crippen LogP contribution in [-0.2, 0) is 11.2 Å². The van der Waals surface area contributed by atoms with Crippen molar-refractivity contribution in [1.29, 1.82) is 0 Å². The lowest BCUT2D eigenvalue weighted by molar-refractivity contribution is -0.110. The maximum atomic E-state index is 11.6. The summed E-state index contributed by atoms with van der Waals surface area (Å²) in [6.45, 7) is 2.13. The van der Waals surface area contributed by atoms with E-state index >= 15 is 0 Å². The van der Waals surface area contributed by atoms with E-state index in [-0.39, 0.29) is 11.0 Å². The second-order valence-corrected chi connectivity index (χ2v) is 7.77. The van der Waals surface area contributed by atoms with Gasteiger partial charge in [0.15, 0.2) is 10.9 Å². The molecule has 1 unspecified atom stereocenters. The number of hydrogen-bond donors (Lipinski definition) is 0. The molecule has 0 bridgehead atoms. The van der Waals surface area contributed by atoms with Gasteiger partial charge in [0.2, 0.25) is 0 Å². The largest absolute Gasteiger partial charge is 0.286 e. The monoisotopic (exact) mass is 399 g/mol. The van der Waals surface area contributed by atoms with Gasteiger partial charge in [0.25, 0.3) is 0 Å². The number of carbonyl (C=O) groups excluding carboxylic acids is 1. The van der Waals surface area contributed by atoms with Gasteiger partial charge in [0.1, 0.15) is 0 Å². The molecular formula is C18H14BrN3OS. The number of rotatable bonds is 3. The Labute approximate surface area is 152 Å². The van der Waals surface area contributed by atoms with Crippen molar-refractivity contribution in [2.45, 2.75) is 24.2 Å². The molecule has 0 radical (unpaired) electrons. The summed E-state index contributed by atoms with van der Waals surface area (Å²) in [6, 6.07) is 12.2. The summed E-state index contributed by atoms with van der Waals surface area (Å²) in [5.41, 5.74) is 3.28. The molecule has 4 rings (SSSR count). The zero-order chi connectivity index (χ0) is 16.7. The van der Waals surface area contributed by atoms with Crippen molar-refractivity contribution in [3.63, 3.8) is 0 Å². The second-order valence-electron chi connectivity index (χ2n) is 5.76. The van der Waals surface area contributed by atoms with E-state index in [1.54, 1.807) is 10.9 Å². The van der Waals surface area contributed by atoms with Crippen LogP contribution < -0.4 is 0 Å². The van der Waals surface area contributed by atoms with E-state index in [0.717, 1.165) is 26.4 Å². The molecule has 1 aliphatic rings. The van der Waals surface area contributed by atoms with E-state index in [9.17, 15) is 4.79 Å². The van der Waals surface area contributed by atoms with Crippen LogP contribution in [0.1, 0.15) is 29.7 Å². The normalized spacial score (nSPS) is 14.7. The van der Waals surface area contributed by atoms with Gasteiger partial charge in [0.05, 0.1) is 5.69 Å². The van der Waals surface area contributed by atoms with Crippen LogP contribution in [0.15, 0.2) is 58.2 Å². The van der Waals surface area contributed by atoms with Gasteiger partial charge in [-0.25, -0.2) is 9.67 Å². The number of aromatic nitrogens is 3. The molecule has 3 aromatic rings. The topological polar surface area (TPSA) is 47.8 Å². The Morgan fingerprint density at radius 1 is 1.25 bits per heavy atom. The molecule has 6 heteroatoms. The van der Waals surface area contributed by atoms with Crippen LogP contribution in [-0.4, -0.2) is 19.9 Å². The van der Waals surface area contributed by atoms with Crippen molar-refractivity contribution in [3.8, 4) is 5.82 Å². The summed E-state index contributed by atoms with van der Waals surface area (Å²) in [5, 5.41) is 4.88. The van der Waals surface area contributed by atoms with E-state index in [1.807, 2.05) is 24.4 Å². The molecule has 0 saturated carbocycles. The summed E-state index contributed by atoms with van der Waals surface area (Å²) < 4.78 is 2.72. The smallest absolute Gasteiger partial charge is 0.198 e. The Morgan fingerprint density at radius 2 is 2.12 bits per heavy atom. The zero-order valence-electron chi connectivity index (χ0n) is 12.9. The second kappa shape index (κ2) is 6.18. The van der Waals surface area contributed by atoms with E-state index in [1.165, 1.54) is 17.3 Å². The fraction of sp³-hybridized carbons (Fsp3) is 0.167. The highest BCUT2D eigenvalue weighted by Gasteiger charge is 2.21. The number of benzene rings is 1. The first-order chi connectivity index (χ1) is 11.6. The van der Waals surface area contributed by atoms with Gasteiger partial charge in [-0.05, 0) is 51.3 Å². The molecule has 0 N–H and O–H groups in total. The van der Waals surface area contributed by atoms with Crippen LogP contribution in [0, 0.1) is 0 Å². The average Bonchev–Trinajstić information content (AvgIpc) is 3.20. The first-order valence-electron chi connectivity index (χ1n) is 7.61. The molecule has 0 fully saturated rings. The molecule has 3 heterocycles. The van der Waals surface area contributed by atoms with Gasteiger partial charge < -0.3 is 0 Å². The Hall–Kier alpha value is -1.92. The maximum absolute atomic E-state index is 11.6.